The molecule has 4 nitrogen and oxygen atoms in total. The second-order valence-corrected chi connectivity index (χ2v) is 6.24. The molecule has 2 fully saturated rings. The van der Waals surface area contributed by atoms with E-state index in [1.807, 2.05) is 11.8 Å². The Kier molecular flexibility index (Phi) is 2.66. The maximum atomic E-state index is 14.4. The van der Waals surface area contributed by atoms with E-state index in [4.69, 9.17) is 4.42 Å². The maximum Gasteiger partial charge on any atom is 0.423 e. The van der Waals surface area contributed by atoms with E-state index in [0.29, 0.717) is 23.5 Å². The van der Waals surface area contributed by atoms with Crippen molar-refractivity contribution in [1.29, 1.82) is 0 Å². The predicted molar refractivity (Wildman–Crippen MR) is 76.3 cm³/mol. The molecule has 1 unspecified atom stereocenters. The van der Waals surface area contributed by atoms with Gasteiger partial charge < -0.3 is 9.32 Å². The average Bonchev–Trinajstić information content (AvgIpc) is 2.88. The molecule has 1 aromatic heterocycles. The van der Waals surface area contributed by atoms with Crippen molar-refractivity contribution >= 4 is 17.4 Å². The van der Waals surface area contributed by atoms with Gasteiger partial charge in [0.15, 0.2) is 0 Å². The predicted octanol–water partition coefficient (Wildman–Crippen LogP) is 2.26. The van der Waals surface area contributed by atoms with E-state index < -0.39 is 5.76 Å². The number of oxazole rings is 1. The van der Waals surface area contributed by atoms with Crippen LogP contribution in [0.25, 0.3) is 5.69 Å². The van der Waals surface area contributed by atoms with E-state index in [9.17, 15) is 9.18 Å². The minimum absolute atomic E-state index is 0.280. The highest BCUT2D eigenvalue weighted by molar-refractivity contribution is 7.99. The van der Waals surface area contributed by atoms with E-state index in [1.54, 1.807) is 12.1 Å². The zero-order valence-corrected chi connectivity index (χ0v) is 11.5. The zero-order chi connectivity index (χ0) is 13.7. The smallest absolute Gasteiger partial charge is 0.416 e. The number of aromatic nitrogens is 1. The molecule has 0 N–H and O–H groups in total. The van der Waals surface area contributed by atoms with Gasteiger partial charge in [-0.05, 0) is 18.6 Å². The van der Waals surface area contributed by atoms with Gasteiger partial charge in [0.2, 0.25) is 0 Å². The Morgan fingerprint density at radius 2 is 2.10 bits per heavy atom. The van der Waals surface area contributed by atoms with Crippen molar-refractivity contribution in [3.05, 3.63) is 47.0 Å². The Balaban J connectivity index is 1.70. The van der Waals surface area contributed by atoms with Gasteiger partial charge in [-0.25, -0.2) is 13.8 Å². The Labute approximate surface area is 119 Å². The summed E-state index contributed by atoms with van der Waals surface area (Å²) in [6.07, 6.45) is 3.95. The van der Waals surface area contributed by atoms with Crippen LogP contribution in [0.5, 0.6) is 0 Å². The first-order valence-corrected chi connectivity index (χ1v) is 7.71. The van der Waals surface area contributed by atoms with Crippen LogP contribution in [0.3, 0.4) is 0 Å². The Hall–Kier alpha value is -1.69. The van der Waals surface area contributed by atoms with E-state index in [0.717, 1.165) is 17.9 Å². The average molecular weight is 292 g/mol. The number of hydrogen-bond donors (Lipinski definition) is 0. The number of halogens is 1. The molecular formula is C14H13FN2O2S. The SMILES string of the molecule is O=c1occn1-c1ccc(N2C3CSC[C@@H]2C3)c(F)c1. The molecule has 4 rings (SSSR count). The van der Waals surface area contributed by atoms with Crippen LogP contribution in [0.1, 0.15) is 6.42 Å². The molecule has 3 heterocycles. The summed E-state index contributed by atoms with van der Waals surface area (Å²) in [6, 6.07) is 5.83. The summed E-state index contributed by atoms with van der Waals surface area (Å²) in [5.41, 5.74) is 1.14. The quantitative estimate of drug-likeness (QED) is 0.851. The van der Waals surface area contributed by atoms with Crippen LogP contribution in [0, 0.1) is 5.82 Å². The normalized spacial score (nSPS) is 24.6. The van der Waals surface area contributed by atoms with Crippen LogP contribution < -0.4 is 10.7 Å². The van der Waals surface area contributed by atoms with E-state index in [1.165, 1.54) is 23.1 Å². The summed E-state index contributed by atoms with van der Waals surface area (Å²) in [7, 11) is 0. The van der Waals surface area contributed by atoms with Gasteiger partial charge in [-0.1, -0.05) is 0 Å². The van der Waals surface area contributed by atoms with Crippen molar-refractivity contribution in [2.75, 3.05) is 16.4 Å². The molecular weight excluding hydrogens is 279 g/mol. The number of thioether (sulfide) groups is 1. The van der Waals surface area contributed by atoms with Crippen molar-refractivity contribution in [1.82, 2.24) is 4.57 Å². The minimum Gasteiger partial charge on any atom is -0.416 e. The number of fused-ring (bicyclic) bond motifs is 2. The van der Waals surface area contributed by atoms with Crippen LogP contribution in [-0.2, 0) is 0 Å². The maximum absolute atomic E-state index is 14.4. The van der Waals surface area contributed by atoms with Crippen LogP contribution in [0.4, 0.5) is 10.1 Å². The van der Waals surface area contributed by atoms with E-state index in [-0.39, 0.29) is 5.82 Å². The molecule has 0 radical (unpaired) electrons. The van der Waals surface area contributed by atoms with E-state index >= 15 is 0 Å². The lowest BCUT2D eigenvalue weighted by molar-refractivity contribution is 0.371. The molecule has 2 bridgehead atoms. The highest BCUT2D eigenvalue weighted by atomic mass is 32.2. The summed E-state index contributed by atoms with van der Waals surface area (Å²) in [4.78, 5) is 13.6. The molecule has 2 atom stereocenters. The third-order valence-electron chi connectivity index (χ3n) is 4.01. The molecule has 0 spiro atoms. The molecule has 1 aromatic carbocycles. The summed E-state index contributed by atoms with van der Waals surface area (Å²) >= 11 is 1.94. The highest BCUT2D eigenvalue weighted by Gasteiger charge is 2.42. The van der Waals surface area contributed by atoms with Crippen LogP contribution in [-0.4, -0.2) is 28.2 Å². The fraction of sp³-hybridized carbons (Fsp3) is 0.357. The second-order valence-electron chi connectivity index (χ2n) is 5.16. The van der Waals surface area contributed by atoms with Crippen LogP contribution in [0.15, 0.2) is 39.9 Å². The second kappa shape index (κ2) is 4.41. The van der Waals surface area contributed by atoms with Gasteiger partial charge in [-0.15, -0.1) is 0 Å². The van der Waals surface area contributed by atoms with Gasteiger partial charge >= 0.3 is 5.76 Å². The molecule has 104 valence electrons. The first kappa shape index (κ1) is 12.1. The van der Waals surface area contributed by atoms with Crippen molar-refractivity contribution < 1.29 is 8.81 Å². The molecule has 0 saturated carbocycles. The Morgan fingerprint density at radius 1 is 1.30 bits per heavy atom. The fourth-order valence-corrected chi connectivity index (χ4v) is 4.32. The third-order valence-corrected chi connectivity index (χ3v) is 5.26. The zero-order valence-electron chi connectivity index (χ0n) is 10.7. The molecule has 2 saturated heterocycles. The number of anilines is 1. The first-order chi connectivity index (χ1) is 9.74. The fourth-order valence-electron chi connectivity index (χ4n) is 3.05. The summed E-state index contributed by atoms with van der Waals surface area (Å²) in [5, 5.41) is 0. The van der Waals surface area contributed by atoms with Crippen molar-refractivity contribution in [2.24, 2.45) is 0 Å². The molecule has 0 amide bonds. The van der Waals surface area contributed by atoms with Gasteiger partial charge in [-0.2, -0.15) is 11.8 Å². The largest absolute Gasteiger partial charge is 0.423 e. The van der Waals surface area contributed by atoms with Crippen molar-refractivity contribution in [2.45, 2.75) is 18.5 Å². The summed E-state index contributed by atoms with van der Waals surface area (Å²) < 4.78 is 20.4. The lowest BCUT2D eigenvalue weighted by atomic mass is 9.93. The van der Waals surface area contributed by atoms with Gasteiger partial charge in [0, 0.05) is 29.7 Å². The summed E-state index contributed by atoms with van der Waals surface area (Å²) in [5.74, 6) is 1.35. The molecule has 2 aromatic rings. The van der Waals surface area contributed by atoms with Crippen molar-refractivity contribution in [3.8, 4) is 5.69 Å². The summed E-state index contributed by atoms with van der Waals surface area (Å²) in [6.45, 7) is 0. The monoisotopic (exact) mass is 292 g/mol. The Bertz CT molecular complexity index is 697. The van der Waals surface area contributed by atoms with E-state index in [2.05, 4.69) is 4.90 Å². The third kappa shape index (κ3) is 1.71. The van der Waals surface area contributed by atoms with Gasteiger partial charge in [0.1, 0.15) is 12.1 Å². The lowest BCUT2D eigenvalue weighted by Crippen LogP contribution is -2.62. The molecule has 2 aliphatic heterocycles. The number of rotatable bonds is 2. The first-order valence-electron chi connectivity index (χ1n) is 6.56. The van der Waals surface area contributed by atoms with Crippen LogP contribution in [0.2, 0.25) is 0 Å². The lowest BCUT2D eigenvalue weighted by Gasteiger charge is -2.54. The number of hydrogen-bond acceptors (Lipinski definition) is 4. The molecule has 6 heteroatoms. The standard InChI is InChI=1S/C14H13FN2O2S/c15-12-6-9(16-3-4-19-14(16)18)1-2-13(12)17-10-5-11(17)8-20-7-10/h1-4,6,10-11H,5,7-8H2/t10-,11?/m0/s1. The number of nitrogens with zero attached hydrogens (tertiary/aromatic N) is 2. The minimum atomic E-state index is -0.505. The Morgan fingerprint density at radius 3 is 2.70 bits per heavy atom. The van der Waals surface area contributed by atoms with Crippen molar-refractivity contribution in [3.63, 3.8) is 0 Å². The van der Waals surface area contributed by atoms with Crippen LogP contribution >= 0.6 is 11.8 Å². The highest BCUT2D eigenvalue weighted by Crippen LogP contribution is 2.41. The molecule has 2 aliphatic rings. The van der Waals surface area contributed by atoms with Gasteiger partial charge in [-0.3, -0.25) is 0 Å². The van der Waals surface area contributed by atoms with Gasteiger partial charge in [0.05, 0.1) is 17.6 Å². The molecule has 20 heavy (non-hydrogen) atoms. The molecule has 0 aliphatic carbocycles. The topological polar surface area (TPSA) is 38.4 Å². The number of benzene rings is 1. The van der Waals surface area contributed by atoms with Gasteiger partial charge in [0.25, 0.3) is 0 Å².